The maximum absolute atomic E-state index is 12.0. The lowest BCUT2D eigenvalue weighted by molar-refractivity contribution is -0.126. The number of rotatable bonds is 6. The third kappa shape index (κ3) is 5.46. The Morgan fingerprint density at radius 1 is 1.16 bits per heavy atom. The molecular formula is C19H23ClN2O3. The molecule has 25 heavy (non-hydrogen) atoms. The third-order valence-corrected chi connectivity index (χ3v) is 3.87. The van der Waals surface area contributed by atoms with E-state index in [1.54, 1.807) is 0 Å². The Kier molecular flexibility index (Phi) is 7.73. The van der Waals surface area contributed by atoms with E-state index in [1.807, 2.05) is 42.5 Å². The molecule has 2 N–H and O–H groups in total. The third-order valence-electron chi connectivity index (χ3n) is 3.87. The van der Waals surface area contributed by atoms with Gasteiger partial charge in [0.1, 0.15) is 18.4 Å². The fraction of sp³-hybridized carbons (Fsp3) is 0.316. The number of hydrogen-bond donors (Lipinski definition) is 2. The van der Waals surface area contributed by atoms with E-state index >= 15 is 0 Å². The van der Waals surface area contributed by atoms with Gasteiger partial charge in [0.15, 0.2) is 0 Å². The van der Waals surface area contributed by atoms with E-state index in [1.165, 1.54) is 0 Å². The number of ether oxygens (including phenoxy) is 2. The number of morpholine rings is 1. The zero-order valence-electron chi connectivity index (χ0n) is 13.9. The van der Waals surface area contributed by atoms with Crippen molar-refractivity contribution >= 4 is 18.3 Å². The molecular weight excluding hydrogens is 340 g/mol. The van der Waals surface area contributed by atoms with E-state index in [2.05, 4.69) is 22.8 Å². The maximum atomic E-state index is 12.0. The topological polar surface area (TPSA) is 59.6 Å². The van der Waals surface area contributed by atoms with Crippen LogP contribution in [0.5, 0.6) is 5.75 Å². The largest absolute Gasteiger partial charge is 0.491 e. The zero-order chi connectivity index (χ0) is 16.6. The van der Waals surface area contributed by atoms with Crippen molar-refractivity contribution in [1.29, 1.82) is 0 Å². The molecule has 5 nitrogen and oxygen atoms in total. The summed E-state index contributed by atoms with van der Waals surface area (Å²) in [5, 5.41) is 6.01. The number of amides is 1. The number of carbonyl (C=O) groups is 1. The first kappa shape index (κ1) is 19.2. The van der Waals surface area contributed by atoms with Crippen LogP contribution in [0.4, 0.5) is 0 Å². The van der Waals surface area contributed by atoms with Gasteiger partial charge in [0.2, 0.25) is 5.91 Å². The zero-order valence-corrected chi connectivity index (χ0v) is 14.8. The van der Waals surface area contributed by atoms with Crippen molar-refractivity contribution in [2.75, 3.05) is 32.9 Å². The lowest BCUT2D eigenvalue weighted by Crippen LogP contribution is -2.51. The smallest absolute Gasteiger partial charge is 0.239 e. The molecule has 1 aliphatic rings. The van der Waals surface area contributed by atoms with Gasteiger partial charge in [-0.3, -0.25) is 4.79 Å². The molecule has 1 fully saturated rings. The lowest BCUT2D eigenvalue weighted by Gasteiger charge is -2.22. The molecule has 1 heterocycles. The van der Waals surface area contributed by atoms with E-state index in [0.29, 0.717) is 32.9 Å². The van der Waals surface area contributed by atoms with E-state index in [9.17, 15) is 4.79 Å². The summed E-state index contributed by atoms with van der Waals surface area (Å²) >= 11 is 0. The average Bonchev–Trinajstić information content (AvgIpc) is 2.67. The Morgan fingerprint density at radius 3 is 2.68 bits per heavy atom. The molecule has 134 valence electrons. The summed E-state index contributed by atoms with van der Waals surface area (Å²) in [6, 6.07) is 17.8. The highest BCUT2D eigenvalue weighted by molar-refractivity contribution is 5.85. The van der Waals surface area contributed by atoms with Crippen LogP contribution in [0, 0.1) is 0 Å². The monoisotopic (exact) mass is 362 g/mol. The van der Waals surface area contributed by atoms with Gasteiger partial charge in [-0.15, -0.1) is 12.4 Å². The second-order valence-corrected chi connectivity index (χ2v) is 5.58. The molecule has 0 bridgehead atoms. The fourth-order valence-corrected chi connectivity index (χ4v) is 2.64. The minimum absolute atomic E-state index is 0. The van der Waals surface area contributed by atoms with Crippen LogP contribution in [0.25, 0.3) is 11.1 Å². The van der Waals surface area contributed by atoms with E-state index in [-0.39, 0.29) is 24.4 Å². The molecule has 1 amide bonds. The van der Waals surface area contributed by atoms with Crippen LogP contribution in [0.15, 0.2) is 54.6 Å². The van der Waals surface area contributed by atoms with Crippen molar-refractivity contribution in [1.82, 2.24) is 10.6 Å². The van der Waals surface area contributed by atoms with Crippen molar-refractivity contribution in [3.05, 3.63) is 54.6 Å². The Morgan fingerprint density at radius 2 is 1.92 bits per heavy atom. The summed E-state index contributed by atoms with van der Waals surface area (Å²) in [5.74, 6) is 0.770. The minimum Gasteiger partial charge on any atom is -0.491 e. The SMILES string of the molecule is Cl.O=C(NCCOc1ccccc1-c1ccccc1)C1COCCN1. The number of carbonyl (C=O) groups excluding carboxylic acids is 1. The molecule has 1 atom stereocenters. The Balaban J connectivity index is 0.00000225. The van der Waals surface area contributed by atoms with Gasteiger partial charge in [0, 0.05) is 12.1 Å². The molecule has 6 heteroatoms. The predicted molar refractivity (Wildman–Crippen MR) is 100 cm³/mol. The highest BCUT2D eigenvalue weighted by Crippen LogP contribution is 2.29. The van der Waals surface area contributed by atoms with Crippen LogP contribution in [-0.4, -0.2) is 44.9 Å². The van der Waals surface area contributed by atoms with Gasteiger partial charge in [-0.2, -0.15) is 0 Å². The summed E-state index contributed by atoms with van der Waals surface area (Å²) in [5.41, 5.74) is 2.16. The van der Waals surface area contributed by atoms with Crippen molar-refractivity contribution < 1.29 is 14.3 Å². The maximum Gasteiger partial charge on any atom is 0.239 e. The number of para-hydroxylation sites is 1. The van der Waals surface area contributed by atoms with E-state index in [4.69, 9.17) is 9.47 Å². The van der Waals surface area contributed by atoms with E-state index in [0.717, 1.165) is 16.9 Å². The minimum atomic E-state index is -0.268. The Bertz CT molecular complexity index is 661. The molecule has 0 aliphatic carbocycles. The second-order valence-electron chi connectivity index (χ2n) is 5.58. The van der Waals surface area contributed by atoms with Crippen molar-refractivity contribution in [2.45, 2.75) is 6.04 Å². The quantitative estimate of drug-likeness (QED) is 0.774. The van der Waals surface area contributed by atoms with Crippen molar-refractivity contribution in [3.8, 4) is 16.9 Å². The molecule has 0 spiro atoms. The van der Waals surface area contributed by atoms with Crippen LogP contribution < -0.4 is 15.4 Å². The Labute approximate surface area is 154 Å². The molecule has 2 aromatic rings. The molecule has 1 unspecified atom stereocenters. The highest BCUT2D eigenvalue weighted by atomic mass is 35.5. The summed E-state index contributed by atoms with van der Waals surface area (Å²) in [7, 11) is 0. The van der Waals surface area contributed by atoms with Crippen LogP contribution >= 0.6 is 12.4 Å². The summed E-state index contributed by atoms with van der Waals surface area (Å²) in [6.07, 6.45) is 0. The van der Waals surface area contributed by atoms with Crippen LogP contribution in [0.2, 0.25) is 0 Å². The molecule has 0 aromatic heterocycles. The van der Waals surface area contributed by atoms with Gasteiger partial charge in [-0.1, -0.05) is 48.5 Å². The Hall–Kier alpha value is -2.08. The van der Waals surface area contributed by atoms with Gasteiger partial charge in [0.05, 0.1) is 19.8 Å². The van der Waals surface area contributed by atoms with Crippen molar-refractivity contribution in [2.24, 2.45) is 0 Å². The normalized spacial score (nSPS) is 16.6. The summed E-state index contributed by atoms with van der Waals surface area (Å²) in [6.45, 7) is 2.66. The summed E-state index contributed by atoms with van der Waals surface area (Å²) < 4.78 is 11.2. The molecule has 2 aromatic carbocycles. The van der Waals surface area contributed by atoms with Gasteiger partial charge >= 0.3 is 0 Å². The fourth-order valence-electron chi connectivity index (χ4n) is 2.64. The van der Waals surface area contributed by atoms with Crippen molar-refractivity contribution in [3.63, 3.8) is 0 Å². The van der Waals surface area contributed by atoms with Gasteiger partial charge in [-0.05, 0) is 11.6 Å². The predicted octanol–water partition coefficient (Wildman–Crippen LogP) is 2.26. The first-order chi connectivity index (χ1) is 11.8. The number of halogens is 1. The average molecular weight is 363 g/mol. The standard InChI is InChI=1S/C19H22N2O3.ClH/c22-19(17-14-23-12-10-20-17)21-11-13-24-18-9-5-4-8-16(18)15-6-2-1-3-7-15;/h1-9,17,20H,10-14H2,(H,21,22);1H. The lowest BCUT2D eigenvalue weighted by atomic mass is 10.1. The molecule has 0 radical (unpaired) electrons. The van der Waals surface area contributed by atoms with Crippen LogP contribution in [0.1, 0.15) is 0 Å². The first-order valence-corrected chi connectivity index (χ1v) is 8.21. The van der Waals surface area contributed by atoms with Gasteiger partial charge in [-0.25, -0.2) is 0 Å². The van der Waals surface area contributed by atoms with Crippen LogP contribution in [0.3, 0.4) is 0 Å². The first-order valence-electron chi connectivity index (χ1n) is 8.21. The molecule has 0 saturated carbocycles. The van der Waals surface area contributed by atoms with Gasteiger partial charge < -0.3 is 20.1 Å². The number of hydrogen-bond acceptors (Lipinski definition) is 4. The second kappa shape index (κ2) is 10.0. The molecule has 1 saturated heterocycles. The molecule has 3 rings (SSSR count). The van der Waals surface area contributed by atoms with E-state index < -0.39 is 0 Å². The van der Waals surface area contributed by atoms with Gasteiger partial charge in [0.25, 0.3) is 0 Å². The number of benzene rings is 2. The number of nitrogens with one attached hydrogen (secondary N) is 2. The van der Waals surface area contributed by atoms with Crippen LogP contribution in [-0.2, 0) is 9.53 Å². The highest BCUT2D eigenvalue weighted by Gasteiger charge is 2.20. The summed E-state index contributed by atoms with van der Waals surface area (Å²) in [4.78, 5) is 12.0. The molecule has 1 aliphatic heterocycles.